The fraction of sp³-hybridized carbons (Fsp3) is 0.800. The van der Waals surface area contributed by atoms with Gasteiger partial charge in [0.2, 0.25) is 0 Å². The number of hydrogen-bond donors (Lipinski definition) is 3. The quantitative estimate of drug-likeness (QED) is 0.428. The zero-order valence-electron chi connectivity index (χ0n) is 14.4. The van der Waals surface area contributed by atoms with E-state index in [0.29, 0.717) is 6.04 Å². The number of aryl methyl sites for hydroxylation is 2. The van der Waals surface area contributed by atoms with Gasteiger partial charge in [0.05, 0.1) is 6.54 Å². The van der Waals surface area contributed by atoms with Crippen LogP contribution in [0, 0.1) is 6.92 Å². The van der Waals surface area contributed by atoms with Gasteiger partial charge < -0.3 is 16.0 Å². The van der Waals surface area contributed by atoms with Crippen molar-refractivity contribution >= 4 is 5.96 Å². The van der Waals surface area contributed by atoms with Crippen molar-refractivity contribution in [3.8, 4) is 0 Å². The maximum Gasteiger partial charge on any atom is 0.191 e. The van der Waals surface area contributed by atoms with Gasteiger partial charge in [0, 0.05) is 38.1 Å². The molecule has 0 saturated carbocycles. The minimum absolute atomic E-state index is 0.142. The molecule has 0 fully saturated rings. The SMILES string of the molecule is CN=C(NCCNC(C)(C)C)NC1CCc2nc(C)nn2C1. The number of fused-ring (bicyclic) bond motifs is 1. The van der Waals surface area contributed by atoms with E-state index in [9.17, 15) is 0 Å². The summed E-state index contributed by atoms with van der Waals surface area (Å²) >= 11 is 0. The fourth-order valence-corrected chi connectivity index (χ4v) is 2.56. The normalized spacial score (nSPS) is 19.0. The Kier molecular flexibility index (Phi) is 5.39. The monoisotopic (exact) mass is 307 g/mol. The first kappa shape index (κ1) is 16.7. The lowest BCUT2D eigenvalue weighted by atomic mass is 10.1. The highest BCUT2D eigenvalue weighted by atomic mass is 15.4. The van der Waals surface area contributed by atoms with Crippen LogP contribution in [0.4, 0.5) is 0 Å². The number of aliphatic imine (C=N–C) groups is 1. The molecule has 3 N–H and O–H groups in total. The second-order valence-electron chi connectivity index (χ2n) is 6.81. The first-order valence-electron chi connectivity index (χ1n) is 8.00. The van der Waals surface area contributed by atoms with Crippen molar-refractivity contribution in [1.29, 1.82) is 0 Å². The topological polar surface area (TPSA) is 79.2 Å². The molecule has 0 radical (unpaired) electrons. The average molecular weight is 307 g/mol. The van der Waals surface area contributed by atoms with Gasteiger partial charge in [-0.2, -0.15) is 5.10 Å². The van der Waals surface area contributed by atoms with E-state index in [-0.39, 0.29) is 5.54 Å². The van der Waals surface area contributed by atoms with Crippen LogP contribution in [0.1, 0.15) is 38.8 Å². The van der Waals surface area contributed by atoms with Crippen LogP contribution in [-0.2, 0) is 13.0 Å². The Labute approximate surface area is 133 Å². The third kappa shape index (κ3) is 4.98. The zero-order chi connectivity index (χ0) is 16.2. The Morgan fingerprint density at radius 3 is 2.82 bits per heavy atom. The molecule has 0 bridgehead atoms. The summed E-state index contributed by atoms with van der Waals surface area (Å²) in [6.07, 6.45) is 2.01. The van der Waals surface area contributed by atoms with Crippen LogP contribution in [-0.4, -0.2) is 52.4 Å². The van der Waals surface area contributed by atoms with E-state index >= 15 is 0 Å². The molecule has 2 heterocycles. The van der Waals surface area contributed by atoms with Crippen LogP contribution in [0.3, 0.4) is 0 Å². The highest BCUT2D eigenvalue weighted by molar-refractivity contribution is 5.79. The van der Waals surface area contributed by atoms with Gasteiger partial charge in [-0.05, 0) is 34.1 Å². The Morgan fingerprint density at radius 2 is 2.14 bits per heavy atom. The third-order valence-electron chi connectivity index (χ3n) is 3.60. The first-order valence-corrected chi connectivity index (χ1v) is 8.00. The lowest BCUT2D eigenvalue weighted by Crippen LogP contribution is -2.49. The number of guanidine groups is 1. The van der Waals surface area contributed by atoms with Crippen LogP contribution in [0.2, 0.25) is 0 Å². The summed E-state index contributed by atoms with van der Waals surface area (Å²) in [5.74, 6) is 2.79. The van der Waals surface area contributed by atoms with E-state index in [1.54, 1.807) is 7.05 Å². The molecule has 0 aromatic carbocycles. The largest absolute Gasteiger partial charge is 0.355 e. The molecular formula is C15H29N7. The summed E-state index contributed by atoms with van der Waals surface area (Å²) in [5, 5.41) is 14.7. The lowest BCUT2D eigenvalue weighted by molar-refractivity contribution is 0.391. The highest BCUT2D eigenvalue weighted by Gasteiger charge is 2.21. The van der Waals surface area contributed by atoms with E-state index in [4.69, 9.17) is 0 Å². The van der Waals surface area contributed by atoms with E-state index in [1.807, 2.05) is 11.6 Å². The van der Waals surface area contributed by atoms with Crippen LogP contribution >= 0.6 is 0 Å². The molecule has 0 spiro atoms. The van der Waals surface area contributed by atoms with Gasteiger partial charge in [0.1, 0.15) is 11.6 Å². The molecular weight excluding hydrogens is 278 g/mol. The van der Waals surface area contributed by atoms with Crippen molar-refractivity contribution in [1.82, 2.24) is 30.7 Å². The summed E-state index contributed by atoms with van der Waals surface area (Å²) in [7, 11) is 1.81. The van der Waals surface area contributed by atoms with Crippen LogP contribution in [0.5, 0.6) is 0 Å². The van der Waals surface area contributed by atoms with Crippen LogP contribution in [0.25, 0.3) is 0 Å². The molecule has 1 aromatic heterocycles. The molecule has 2 rings (SSSR count). The van der Waals surface area contributed by atoms with E-state index in [2.05, 4.69) is 51.8 Å². The summed E-state index contributed by atoms with van der Waals surface area (Å²) < 4.78 is 2.00. The van der Waals surface area contributed by atoms with Gasteiger partial charge in [0.15, 0.2) is 5.96 Å². The second kappa shape index (κ2) is 7.09. The molecule has 22 heavy (non-hydrogen) atoms. The fourth-order valence-electron chi connectivity index (χ4n) is 2.56. The van der Waals surface area contributed by atoms with Crippen molar-refractivity contribution in [2.75, 3.05) is 20.1 Å². The molecule has 1 aliphatic heterocycles. The summed E-state index contributed by atoms with van der Waals surface area (Å²) in [5.41, 5.74) is 0.142. The van der Waals surface area contributed by atoms with E-state index in [1.165, 1.54) is 0 Å². The molecule has 7 heteroatoms. The van der Waals surface area contributed by atoms with Gasteiger partial charge in [-0.15, -0.1) is 0 Å². The van der Waals surface area contributed by atoms with Gasteiger partial charge in [0.25, 0.3) is 0 Å². The third-order valence-corrected chi connectivity index (χ3v) is 3.60. The second-order valence-corrected chi connectivity index (χ2v) is 6.81. The van der Waals surface area contributed by atoms with Crippen molar-refractivity contribution in [3.05, 3.63) is 11.6 Å². The van der Waals surface area contributed by atoms with Crippen molar-refractivity contribution in [3.63, 3.8) is 0 Å². The van der Waals surface area contributed by atoms with Gasteiger partial charge in [-0.25, -0.2) is 9.67 Å². The average Bonchev–Trinajstić information content (AvgIpc) is 2.80. The smallest absolute Gasteiger partial charge is 0.191 e. The standard InChI is InChI=1S/C15H29N7/c1-11-19-13-7-6-12(10-22(13)21-11)20-14(16-5)17-8-9-18-15(2,3)4/h12,18H,6-10H2,1-5H3,(H2,16,17,20). The molecule has 1 atom stereocenters. The Balaban J connectivity index is 1.77. The molecule has 0 saturated heterocycles. The first-order chi connectivity index (χ1) is 10.4. The molecule has 1 unspecified atom stereocenters. The van der Waals surface area contributed by atoms with Crippen molar-refractivity contribution in [2.24, 2.45) is 4.99 Å². The molecule has 0 aliphatic carbocycles. The number of nitrogens with one attached hydrogen (secondary N) is 3. The van der Waals surface area contributed by atoms with Crippen LogP contribution < -0.4 is 16.0 Å². The molecule has 124 valence electrons. The predicted molar refractivity (Wildman–Crippen MR) is 89.1 cm³/mol. The number of rotatable bonds is 4. The van der Waals surface area contributed by atoms with Gasteiger partial charge in [-0.1, -0.05) is 0 Å². The Hall–Kier alpha value is -1.63. The van der Waals surface area contributed by atoms with Crippen molar-refractivity contribution < 1.29 is 0 Å². The maximum atomic E-state index is 4.44. The number of aromatic nitrogens is 3. The highest BCUT2D eigenvalue weighted by Crippen LogP contribution is 2.12. The Morgan fingerprint density at radius 1 is 1.36 bits per heavy atom. The summed E-state index contributed by atoms with van der Waals surface area (Å²) in [4.78, 5) is 8.74. The minimum Gasteiger partial charge on any atom is -0.355 e. The summed E-state index contributed by atoms with van der Waals surface area (Å²) in [6.45, 7) is 11.0. The zero-order valence-corrected chi connectivity index (χ0v) is 14.4. The van der Waals surface area contributed by atoms with E-state index < -0.39 is 0 Å². The maximum absolute atomic E-state index is 4.44. The lowest BCUT2D eigenvalue weighted by Gasteiger charge is -2.26. The Bertz CT molecular complexity index is 512. The van der Waals surface area contributed by atoms with Gasteiger partial charge >= 0.3 is 0 Å². The van der Waals surface area contributed by atoms with Crippen molar-refractivity contribution in [2.45, 2.75) is 58.7 Å². The molecule has 1 aliphatic rings. The molecule has 1 aromatic rings. The van der Waals surface area contributed by atoms with E-state index in [0.717, 1.165) is 50.1 Å². The molecule has 0 amide bonds. The van der Waals surface area contributed by atoms with Gasteiger partial charge in [-0.3, -0.25) is 4.99 Å². The predicted octanol–water partition coefficient (Wildman–Crippen LogP) is 0.454. The number of nitrogens with zero attached hydrogens (tertiary/aromatic N) is 4. The van der Waals surface area contributed by atoms with Crippen LogP contribution in [0.15, 0.2) is 4.99 Å². The minimum atomic E-state index is 0.142. The molecule has 7 nitrogen and oxygen atoms in total. The summed E-state index contributed by atoms with van der Waals surface area (Å²) in [6, 6.07) is 0.343. The number of hydrogen-bond acceptors (Lipinski definition) is 4.